The largest absolute Gasteiger partial charge is 0.371 e. The quantitative estimate of drug-likeness (QED) is 0.906. The first-order valence-corrected chi connectivity index (χ1v) is 7.97. The van der Waals surface area contributed by atoms with E-state index in [2.05, 4.69) is 34.1 Å². The fourth-order valence-electron chi connectivity index (χ4n) is 2.81. The molecule has 0 amide bonds. The number of rotatable bonds is 3. The number of nitrogens with two attached hydrogens (primary N) is 1. The smallest absolute Gasteiger partial charge is 0.224 e. The number of imidazole rings is 1. The van der Waals surface area contributed by atoms with Crippen LogP contribution in [0.4, 0.5) is 11.8 Å². The van der Waals surface area contributed by atoms with Crippen molar-refractivity contribution in [2.75, 3.05) is 18.1 Å². The van der Waals surface area contributed by atoms with Crippen molar-refractivity contribution in [3.05, 3.63) is 6.33 Å². The van der Waals surface area contributed by atoms with E-state index in [-0.39, 0.29) is 12.2 Å². The lowest BCUT2D eigenvalue weighted by Gasteiger charge is -2.17. The molecule has 1 fully saturated rings. The summed E-state index contributed by atoms with van der Waals surface area (Å²) in [5.74, 6) is 1.30. The summed E-state index contributed by atoms with van der Waals surface area (Å²) in [5, 5.41) is 3.00. The van der Waals surface area contributed by atoms with Gasteiger partial charge in [0.1, 0.15) is 6.23 Å². The normalized spacial score (nSPS) is 24.1. The fourth-order valence-corrected chi connectivity index (χ4v) is 2.81. The first-order valence-electron chi connectivity index (χ1n) is 7.97. The number of ether oxygens (including phenoxy) is 1. The summed E-state index contributed by atoms with van der Waals surface area (Å²) in [5.41, 5.74) is 7.21. The SMILES string of the molecule is CC.CC[C@@H]1C[C@H](C)[C@H](n2cnc3c(NC)nc(N)nc32)O1. The second-order valence-electron chi connectivity index (χ2n) is 5.27. The molecule has 0 bridgehead atoms. The third-order valence-electron chi connectivity index (χ3n) is 3.86. The van der Waals surface area contributed by atoms with E-state index in [1.807, 2.05) is 18.4 Å². The van der Waals surface area contributed by atoms with Crippen LogP contribution in [0.1, 0.15) is 46.8 Å². The molecule has 122 valence electrons. The lowest BCUT2D eigenvalue weighted by Crippen LogP contribution is -2.14. The van der Waals surface area contributed by atoms with Crippen molar-refractivity contribution in [3.63, 3.8) is 0 Å². The number of nitrogens with one attached hydrogen (secondary N) is 1. The van der Waals surface area contributed by atoms with Gasteiger partial charge in [-0.05, 0) is 12.8 Å². The van der Waals surface area contributed by atoms with Gasteiger partial charge >= 0.3 is 0 Å². The molecule has 0 spiro atoms. The zero-order chi connectivity index (χ0) is 16.3. The van der Waals surface area contributed by atoms with Crippen LogP contribution in [0.2, 0.25) is 0 Å². The van der Waals surface area contributed by atoms with E-state index in [1.54, 1.807) is 13.4 Å². The van der Waals surface area contributed by atoms with Crippen molar-refractivity contribution in [3.8, 4) is 0 Å². The topological polar surface area (TPSA) is 90.9 Å². The molecule has 7 nitrogen and oxygen atoms in total. The van der Waals surface area contributed by atoms with Gasteiger partial charge in [0.2, 0.25) is 5.95 Å². The average molecular weight is 306 g/mol. The van der Waals surface area contributed by atoms with E-state index in [0.717, 1.165) is 24.0 Å². The summed E-state index contributed by atoms with van der Waals surface area (Å²) in [6, 6.07) is 0. The van der Waals surface area contributed by atoms with Crippen molar-refractivity contribution < 1.29 is 4.74 Å². The van der Waals surface area contributed by atoms with Gasteiger partial charge in [0.25, 0.3) is 0 Å². The Hall–Kier alpha value is -1.89. The van der Waals surface area contributed by atoms with Gasteiger partial charge in [-0.15, -0.1) is 0 Å². The summed E-state index contributed by atoms with van der Waals surface area (Å²) in [6.07, 6.45) is 4.10. The third kappa shape index (κ3) is 2.85. The fraction of sp³-hybridized carbons (Fsp3) is 0.667. The Morgan fingerprint density at radius 1 is 1.41 bits per heavy atom. The van der Waals surface area contributed by atoms with Crippen LogP contribution in [0, 0.1) is 5.92 Å². The molecule has 0 saturated carbocycles. The van der Waals surface area contributed by atoms with Gasteiger partial charge in [-0.25, -0.2) is 4.98 Å². The van der Waals surface area contributed by atoms with Crippen molar-refractivity contribution >= 4 is 22.9 Å². The minimum atomic E-state index is -0.0380. The monoisotopic (exact) mass is 306 g/mol. The Bertz CT molecular complexity index is 626. The van der Waals surface area contributed by atoms with Crippen LogP contribution in [0.3, 0.4) is 0 Å². The number of hydrogen-bond donors (Lipinski definition) is 2. The number of aromatic nitrogens is 4. The van der Waals surface area contributed by atoms with Gasteiger partial charge in [-0.3, -0.25) is 4.57 Å². The van der Waals surface area contributed by atoms with Gasteiger partial charge in [0, 0.05) is 13.0 Å². The molecule has 0 aromatic carbocycles. The highest BCUT2D eigenvalue weighted by molar-refractivity contribution is 5.84. The molecule has 7 heteroatoms. The van der Waals surface area contributed by atoms with E-state index in [0.29, 0.717) is 17.8 Å². The zero-order valence-electron chi connectivity index (χ0n) is 14.0. The number of anilines is 2. The lowest BCUT2D eigenvalue weighted by molar-refractivity contribution is -0.00903. The standard InChI is InChI=1S/C13H20N6O.C2H6/c1-4-8-5-7(2)12(20-8)19-6-16-9-10(15-3)17-13(14)18-11(9)19;1-2/h6-8,12H,4-5H2,1-3H3,(H3,14,15,17,18);1-2H3/t7-,8+,12+;/m0./s1. The molecule has 1 saturated heterocycles. The maximum absolute atomic E-state index is 6.09. The predicted octanol–water partition coefficient (Wildman–Crippen LogP) is 2.81. The van der Waals surface area contributed by atoms with Crippen molar-refractivity contribution in [1.82, 2.24) is 19.5 Å². The number of fused-ring (bicyclic) bond motifs is 1. The second-order valence-corrected chi connectivity index (χ2v) is 5.27. The molecule has 22 heavy (non-hydrogen) atoms. The molecule has 0 unspecified atom stereocenters. The lowest BCUT2D eigenvalue weighted by atomic mass is 10.0. The first-order chi connectivity index (χ1) is 10.6. The molecule has 3 N–H and O–H groups in total. The van der Waals surface area contributed by atoms with Crippen LogP contribution in [-0.4, -0.2) is 32.7 Å². The highest BCUT2D eigenvalue weighted by Crippen LogP contribution is 2.37. The summed E-state index contributed by atoms with van der Waals surface area (Å²) >= 11 is 0. The molecular weight excluding hydrogens is 280 g/mol. The number of nitrogen functional groups attached to an aromatic ring is 1. The van der Waals surface area contributed by atoms with E-state index in [1.165, 1.54) is 0 Å². The molecule has 3 heterocycles. The molecule has 2 aromatic heterocycles. The van der Waals surface area contributed by atoms with Crippen LogP contribution < -0.4 is 11.1 Å². The average Bonchev–Trinajstić information content (AvgIpc) is 3.11. The van der Waals surface area contributed by atoms with Crippen molar-refractivity contribution in [2.45, 2.75) is 52.9 Å². The molecular formula is C15H26N6O. The van der Waals surface area contributed by atoms with E-state index in [9.17, 15) is 0 Å². The van der Waals surface area contributed by atoms with Crippen LogP contribution in [0.25, 0.3) is 11.2 Å². The summed E-state index contributed by atoms with van der Waals surface area (Å²) in [4.78, 5) is 12.9. The van der Waals surface area contributed by atoms with Crippen LogP contribution in [-0.2, 0) is 4.74 Å². The zero-order valence-corrected chi connectivity index (χ0v) is 14.0. The van der Waals surface area contributed by atoms with E-state index < -0.39 is 0 Å². The maximum atomic E-state index is 6.09. The van der Waals surface area contributed by atoms with Crippen LogP contribution in [0.15, 0.2) is 6.33 Å². The summed E-state index contributed by atoms with van der Waals surface area (Å²) < 4.78 is 8.06. The van der Waals surface area contributed by atoms with Crippen molar-refractivity contribution in [2.24, 2.45) is 5.92 Å². The number of nitrogens with zero attached hydrogens (tertiary/aromatic N) is 4. The third-order valence-corrected chi connectivity index (χ3v) is 3.86. The van der Waals surface area contributed by atoms with Crippen LogP contribution in [0.5, 0.6) is 0 Å². The van der Waals surface area contributed by atoms with E-state index >= 15 is 0 Å². The van der Waals surface area contributed by atoms with Gasteiger partial charge in [0.05, 0.1) is 12.4 Å². The number of hydrogen-bond acceptors (Lipinski definition) is 6. The maximum Gasteiger partial charge on any atom is 0.224 e. The Labute approximate surface area is 131 Å². The first kappa shape index (κ1) is 16.5. The molecule has 3 atom stereocenters. The highest BCUT2D eigenvalue weighted by atomic mass is 16.5. The van der Waals surface area contributed by atoms with Crippen molar-refractivity contribution in [1.29, 1.82) is 0 Å². The minimum Gasteiger partial charge on any atom is -0.371 e. The van der Waals surface area contributed by atoms with Gasteiger partial charge in [-0.2, -0.15) is 9.97 Å². The Morgan fingerprint density at radius 2 is 2.14 bits per heavy atom. The molecule has 2 aromatic rings. The Morgan fingerprint density at radius 3 is 2.73 bits per heavy atom. The Balaban J connectivity index is 0.000000847. The summed E-state index contributed by atoms with van der Waals surface area (Å²) in [6.45, 7) is 8.33. The molecule has 0 aliphatic carbocycles. The van der Waals surface area contributed by atoms with Gasteiger partial charge < -0.3 is 15.8 Å². The minimum absolute atomic E-state index is 0.0380. The summed E-state index contributed by atoms with van der Waals surface area (Å²) in [7, 11) is 1.79. The second kappa shape index (κ2) is 6.91. The van der Waals surface area contributed by atoms with Crippen LogP contribution >= 0.6 is 0 Å². The van der Waals surface area contributed by atoms with Gasteiger partial charge in [-0.1, -0.05) is 27.7 Å². The predicted molar refractivity (Wildman–Crippen MR) is 88.6 cm³/mol. The molecule has 1 aliphatic heterocycles. The van der Waals surface area contributed by atoms with Gasteiger partial charge in [0.15, 0.2) is 17.0 Å². The van der Waals surface area contributed by atoms with E-state index in [4.69, 9.17) is 10.5 Å². The molecule has 3 rings (SSSR count). The highest BCUT2D eigenvalue weighted by Gasteiger charge is 2.33. The Kier molecular flexibility index (Phi) is 5.18. The molecule has 0 radical (unpaired) electrons. The molecule has 1 aliphatic rings.